The van der Waals surface area contributed by atoms with Crippen molar-refractivity contribution in [2.75, 3.05) is 6.54 Å². The summed E-state index contributed by atoms with van der Waals surface area (Å²) >= 11 is 0. The van der Waals surface area contributed by atoms with Crippen LogP contribution in [-0.2, 0) is 26.2 Å². The van der Waals surface area contributed by atoms with Crippen LogP contribution in [-0.4, -0.2) is 53.6 Å². The molecule has 1 N–H and O–H groups in total. The number of pyridine rings is 1. The zero-order chi connectivity index (χ0) is 20.3. The summed E-state index contributed by atoms with van der Waals surface area (Å²) in [5.41, 5.74) is 0.937. The third kappa shape index (κ3) is 4.32. The van der Waals surface area contributed by atoms with Gasteiger partial charge in [-0.2, -0.15) is 4.31 Å². The molecule has 1 aromatic heterocycles. The van der Waals surface area contributed by atoms with Crippen LogP contribution in [0, 0.1) is 0 Å². The molecule has 0 bridgehead atoms. The lowest BCUT2D eigenvalue weighted by molar-refractivity contribution is -0.155. The first-order valence-electron chi connectivity index (χ1n) is 8.81. The van der Waals surface area contributed by atoms with Crippen molar-refractivity contribution in [2.45, 2.75) is 43.6 Å². The van der Waals surface area contributed by atoms with Crippen LogP contribution in [0.2, 0.25) is 0 Å². The van der Waals surface area contributed by atoms with Gasteiger partial charge in [0.1, 0.15) is 18.4 Å². The smallest absolute Gasteiger partial charge is 0.324 e. The molecule has 1 aromatic carbocycles. The van der Waals surface area contributed by atoms with E-state index >= 15 is 0 Å². The summed E-state index contributed by atoms with van der Waals surface area (Å²) in [6.07, 6.45) is 2.18. The van der Waals surface area contributed by atoms with E-state index in [1.807, 2.05) is 12.1 Å². The van der Waals surface area contributed by atoms with E-state index in [1.165, 1.54) is 12.1 Å². The number of nitrogens with zero attached hydrogens (tertiary/aromatic N) is 2. The van der Waals surface area contributed by atoms with E-state index in [0.29, 0.717) is 12.4 Å². The topological polar surface area (TPSA) is 106 Å². The average molecular weight is 406 g/mol. The van der Waals surface area contributed by atoms with Gasteiger partial charge < -0.3 is 14.6 Å². The maximum absolute atomic E-state index is 13.0. The number of carboxylic acids is 1. The number of carbonyl (C=O) groups is 1. The maximum Gasteiger partial charge on any atom is 0.324 e. The van der Waals surface area contributed by atoms with Gasteiger partial charge in [-0.05, 0) is 55.8 Å². The lowest BCUT2D eigenvalue weighted by Crippen LogP contribution is -2.58. The van der Waals surface area contributed by atoms with Gasteiger partial charge in [0.25, 0.3) is 0 Å². The Morgan fingerprint density at radius 1 is 1.21 bits per heavy atom. The van der Waals surface area contributed by atoms with Crippen molar-refractivity contribution in [3.63, 3.8) is 0 Å². The molecular weight excluding hydrogens is 384 g/mol. The van der Waals surface area contributed by atoms with Crippen molar-refractivity contribution in [2.24, 2.45) is 0 Å². The first kappa shape index (κ1) is 20.2. The molecule has 3 rings (SSSR count). The summed E-state index contributed by atoms with van der Waals surface area (Å²) in [5.74, 6) is -0.727. The van der Waals surface area contributed by atoms with E-state index in [2.05, 4.69) is 4.98 Å². The fraction of sp³-hybridized carbons (Fsp3) is 0.368. The third-order valence-electron chi connectivity index (χ3n) is 4.48. The number of carboxylic acid groups (broad SMARTS) is 1. The predicted molar refractivity (Wildman–Crippen MR) is 100 cm³/mol. The Labute approximate surface area is 163 Å². The van der Waals surface area contributed by atoms with Crippen LogP contribution in [0.3, 0.4) is 0 Å². The van der Waals surface area contributed by atoms with Crippen LogP contribution in [0.25, 0.3) is 0 Å². The third-order valence-corrected chi connectivity index (χ3v) is 6.34. The highest BCUT2D eigenvalue weighted by Crippen LogP contribution is 2.27. The summed E-state index contributed by atoms with van der Waals surface area (Å²) in [4.78, 5) is 15.6. The number of rotatable bonds is 6. The Hall–Kier alpha value is -2.49. The lowest BCUT2D eigenvalue weighted by Gasteiger charge is -2.39. The number of sulfonamides is 1. The molecule has 2 aromatic rings. The molecule has 1 fully saturated rings. The Bertz CT molecular complexity index is 917. The van der Waals surface area contributed by atoms with Gasteiger partial charge in [-0.25, -0.2) is 8.42 Å². The molecule has 0 saturated carbocycles. The normalized spacial score (nSPS) is 23.3. The molecule has 1 aliphatic heterocycles. The predicted octanol–water partition coefficient (Wildman–Crippen LogP) is 1.91. The van der Waals surface area contributed by atoms with Gasteiger partial charge in [0.05, 0.1) is 17.1 Å². The highest BCUT2D eigenvalue weighted by atomic mass is 32.2. The molecule has 28 heavy (non-hydrogen) atoms. The molecule has 1 aliphatic rings. The number of ether oxygens (including phenoxy) is 2. The number of aromatic nitrogens is 1. The lowest BCUT2D eigenvalue weighted by atomic mass is 10.1. The first-order valence-corrected chi connectivity index (χ1v) is 10.2. The van der Waals surface area contributed by atoms with Gasteiger partial charge in [-0.3, -0.25) is 9.78 Å². The molecule has 0 aliphatic carbocycles. The van der Waals surface area contributed by atoms with Crippen LogP contribution in [0.15, 0.2) is 53.7 Å². The van der Waals surface area contributed by atoms with E-state index < -0.39 is 34.2 Å². The van der Waals surface area contributed by atoms with Gasteiger partial charge >= 0.3 is 5.97 Å². The number of aliphatic carboxylic acids is 1. The molecule has 0 amide bonds. The molecular formula is C19H22N2O6S. The minimum absolute atomic E-state index is 0.0105. The van der Waals surface area contributed by atoms with Crippen molar-refractivity contribution in [1.29, 1.82) is 0 Å². The fourth-order valence-electron chi connectivity index (χ4n) is 3.15. The fourth-order valence-corrected chi connectivity index (χ4v) is 4.86. The van der Waals surface area contributed by atoms with Crippen LogP contribution < -0.4 is 4.74 Å². The van der Waals surface area contributed by atoms with Crippen LogP contribution in [0.4, 0.5) is 0 Å². The van der Waals surface area contributed by atoms with E-state index in [0.717, 1.165) is 9.87 Å². The summed E-state index contributed by atoms with van der Waals surface area (Å²) in [7, 11) is -4.00. The first-order chi connectivity index (χ1) is 13.3. The average Bonchev–Trinajstić information content (AvgIpc) is 2.66. The van der Waals surface area contributed by atoms with Crippen molar-refractivity contribution in [1.82, 2.24) is 9.29 Å². The summed E-state index contributed by atoms with van der Waals surface area (Å²) in [5, 5.41) is 9.49. The summed E-state index contributed by atoms with van der Waals surface area (Å²) in [6.45, 7) is 3.58. The zero-order valence-corrected chi connectivity index (χ0v) is 16.4. The van der Waals surface area contributed by atoms with E-state index in [9.17, 15) is 18.3 Å². The number of morpholine rings is 1. The maximum atomic E-state index is 13.0. The van der Waals surface area contributed by atoms with E-state index in [4.69, 9.17) is 9.47 Å². The molecule has 2 unspecified atom stereocenters. The van der Waals surface area contributed by atoms with Crippen LogP contribution in [0.1, 0.15) is 19.4 Å². The van der Waals surface area contributed by atoms with Crippen molar-refractivity contribution >= 4 is 16.0 Å². The Morgan fingerprint density at radius 3 is 2.46 bits per heavy atom. The van der Waals surface area contributed by atoms with E-state index in [1.54, 1.807) is 38.4 Å². The minimum atomic E-state index is -4.00. The molecule has 3 atom stereocenters. The number of benzene rings is 1. The van der Waals surface area contributed by atoms with Crippen molar-refractivity contribution in [3.05, 3.63) is 54.4 Å². The molecule has 9 heteroatoms. The molecule has 0 radical (unpaired) electrons. The van der Waals surface area contributed by atoms with Gasteiger partial charge in [-0.15, -0.1) is 0 Å². The van der Waals surface area contributed by atoms with E-state index in [-0.39, 0.29) is 11.4 Å². The quantitative estimate of drug-likeness (QED) is 0.781. The Morgan fingerprint density at radius 2 is 1.86 bits per heavy atom. The molecule has 1 saturated heterocycles. The van der Waals surface area contributed by atoms with Gasteiger partial charge in [0, 0.05) is 18.9 Å². The number of hydrogen-bond donors (Lipinski definition) is 1. The second-order valence-corrected chi connectivity index (χ2v) is 8.52. The summed E-state index contributed by atoms with van der Waals surface area (Å²) < 4.78 is 38.2. The largest absolute Gasteiger partial charge is 0.489 e. The standard InChI is InChI=1S/C19H22N2O6S/c1-13-11-21(18(19(22)23)14(2)27-13)28(24,25)17-5-3-16(4-6-17)26-12-15-7-9-20-10-8-15/h3-10,13-14,18H,11-12H2,1-2H3,(H,22,23)/t13-,14?,18?/m0/s1. The SMILES string of the molecule is CC1O[C@@H](C)CN(S(=O)(=O)c2ccc(OCc3ccncc3)cc2)C1C(=O)O. The van der Waals surface area contributed by atoms with Crippen molar-refractivity contribution < 1.29 is 27.8 Å². The molecule has 0 spiro atoms. The van der Waals surface area contributed by atoms with Gasteiger partial charge in [0.2, 0.25) is 10.0 Å². The summed E-state index contributed by atoms with van der Waals surface area (Å²) in [6, 6.07) is 8.32. The van der Waals surface area contributed by atoms with Crippen molar-refractivity contribution in [3.8, 4) is 5.75 Å². The zero-order valence-electron chi connectivity index (χ0n) is 15.6. The second kappa shape index (κ2) is 8.26. The molecule has 2 heterocycles. The molecule has 8 nitrogen and oxygen atoms in total. The monoisotopic (exact) mass is 406 g/mol. The second-order valence-electron chi connectivity index (χ2n) is 6.63. The Balaban J connectivity index is 1.78. The molecule has 150 valence electrons. The van der Waals surface area contributed by atoms with Gasteiger partial charge in [0.15, 0.2) is 0 Å². The highest BCUT2D eigenvalue weighted by molar-refractivity contribution is 7.89. The van der Waals surface area contributed by atoms with Gasteiger partial charge in [-0.1, -0.05) is 0 Å². The number of hydrogen-bond acceptors (Lipinski definition) is 6. The highest BCUT2D eigenvalue weighted by Gasteiger charge is 2.44. The van der Waals surface area contributed by atoms with Crippen LogP contribution in [0.5, 0.6) is 5.75 Å². The minimum Gasteiger partial charge on any atom is -0.489 e. The Kier molecular flexibility index (Phi) is 5.97. The van der Waals surface area contributed by atoms with Crippen LogP contribution >= 0.6 is 0 Å².